The van der Waals surface area contributed by atoms with E-state index >= 15 is 0 Å². The lowest BCUT2D eigenvalue weighted by Gasteiger charge is -2.13. The number of methoxy groups -OCH3 is 2. The highest BCUT2D eigenvalue weighted by molar-refractivity contribution is 7.98. The lowest BCUT2D eigenvalue weighted by atomic mass is 10.2. The minimum absolute atomic E-state index is 0.150. The van der Waals surface area contributed by atoms with Gasteiger partial charge in [-0.15, -0.1) is 0 Å². The second-order valence-corrected chi connectivity index (χ2v) is 6.45. The van der Waals surface area contributed by atoms with Gasteiger partial charge in [-0.3, -0.25) is 9.36 Å². The number of nitrogens with one attached hydrogen (secondary N) is 1. The molecule has 0 fully saturated rings. The van der Waals surface area contributed by atoms with Gasteiger partial charge >= 0.3 is 0 Å². The molecule has 0 radical (unpaired) electrons. The zero-order valence-corrected chi connectivity index (χ0v) is 15.4. The molecule has 6 nitrogen and oxygen atoms in total. The van der Waals surface area contributed by atoms with E-state index in [1.54, 1.807) is 30.9 Å². The fourth-order valence-electron chi connectivity index (χ4n) is 3.07. The quantitative estimate of drug-likeness (QED) is 0.441. The van der Waals surface area contributed by atoms with Gasteiger partial charge in [-0.2, -0.15) is 0 Å². The Morgan fingerprint density at radius 1 is 1.08 bits per heavy atom. The van der Waals surface area contributed by atoms with Gasteiger partial charge in [0.1, 0.15) is 11.0 Å². The molecule has 0 bridgehead atoms. The highest BCUT2D eigenvalue weighted by Crippen LogP contribution is 2.31. The van der Waals surface area contributed by atoms with Crippen LogP contribution in [0.25, 0.3) is 27.6 Å². The predicted octanol–water partition coefficient (Wildman–Crippen LogP) is 3.61. The van der Waals surface area contributed by atoms with Gasteiger partial charge < -0.3 is 14.5 Å². The first-order valence-electron chi connectivity index (χ1n) is 7.97. The summed E-state index contributed by atoms with van der Waals surface area (Å²) in [5.74, 6) is 1.16. The SMILES string of the molecule is COc1ccc(-n2c(SC)nc3c([nH]c4ccccc43)c2=O)cc1OC. The fourth-order valence-corrected chi connectivity index (χ4v) is 3.62. The van der Waals surface area contributed by atoms with Gasteiger partial charge in [-0.1, -0.05) is 30.0 Å². The molecule has 0 saturated carbocycles. The summed E-state index contributed by atoms with van der Waals surface area (Å²) in [6.07, 6.45) is 1.90. The van der Waals surface area contributed by atoms with E-state index in [2.05, 4.69) is 4.98 Å². The van der Waals surface area contributed by atoms with E-state index in [4.69, 9.17) is 14.5 Å². The number of aromatic amines is 1. The number of para-hydroxylation sites is 1. The molecular formula is C19H17N3O3S. The molecule has 0 unspecified atom stereocenters. The Balaban J connectivity index is 2.05. The average Bonchev–Trinajstić information content (AvgIpc) is 3.06. The van der Waals surface area contributed by atoms with Crippen LogP contribution in [0.4, 0.5) is 0 Å². The molecule has 0 atom stereocenters. The molecular weight excluding hydrogens is 350 g/mol. The highest BCUT2D eigenvalue weighted by Gasteiger charge is 2.17. The first-order valence-corrected chi connectivity index (χ1v) is 9.20. The Bertz CT molecular complexity index is 1180. The van der Waals surface area contributed by atoms with Crippen molar-refractivity contribution in [3.05, 3.63) is 52.8 Å². The summed E-state index contributed by atoms with van der Waals surface area (Å²) in [6.45, 7) is 0. The minimum atomic E-state index is -0.150. The van der Waals surface area contributed by atoms with Crippen molar-refractivity contribution in [2.75, 3.05) is 20.5 Å². The maximum absolute atomic E-state index is 13.2. The predicted molar refractivity (Wildman–Crippen MR) is 104 cm³/mol. The summed E-state index contributed by atoms with van der Waals surface area (Å²) in [6, 6.07) is 13.1. The lowest BCUT2D eigenvalue weighted by Crippen LogP contribution is -2.21. The van der Waals surface area contributed by atoms with Gasteiger partial charge in [0.2, 0.25) is 0 Å². The van der Waals surface area contributed by atoms with E-state index in [1.807, 2.05) is 36.6 Å². The summed E-state index contributed by atoms with van der Waals surface area (Å²) >= 11 is 1.42. The number of thioether (sulfide) groups is 1. The van der Waals surface area contributed by atoms with Crippen LogP contribution in [-0.2, 0) is 0 Å². The van der Waals surface area contributed by atoms with Crippen molar-refractivity contribution in [1.29, 1.82) is 0 Å². The van der Waals surface area contributed by atoms with Gasteiger partial charge in [0.05, 0.1) is 19.9 Å². The van der Waals surface area contributed by atoms with Gasteiger partial charge in [-0.05, 0) is 24.5 Å². The molecule has 0 spiro atoms. The summed E-state index contributed by atoms with van der Waals surface area (Å²) < 4.78 is 12.2. The van der Waals surface area contributed by atoms with Crippen molar-refractivity contribution in [3.8, 4) is 17.2 Å². The van der Waals surface area contributed by atoms with Crippen LogP contribution in [0.5, 0.6) is 11.5 Å². The third kappa shape index (κ3) is 2.43. The molecule has 4 rings (SSSR count). The van der Waals surface area contributed by atoms with Gasteiger partial charge in [0.15, 0.2) is 16.7 Å². The van der Waals surface area contributed by atoms with Crippen LogP contribution < -0.4 is 15.0 Å². The third-order valence-electron chi connectivity index (χ3n) is 4.30. The molecule has 1 N–H and O–H groups in total. The molecule has 2 aromatic carbocycles. The maximum Gasteiger partial charge on any atom is 0.283 e. The largest absolute Gasteiger partial charge is 0.493 e. The molecule has 132 valence electrons. The monoisotopic (exact) mass is 367 g/mol. The summed E-state index contributed by atoms with van der Waals surface area (Å²) in [5, 5.41) is 1.55. The van der Waals surface area contributed by atoms with Gasteiger partial charge in [0, 0.05) is 17.0 Å². The van der Waals surface area contributed by atoms with Crippen LogP contribution in [0, 0.1) is 0 Å². The van der Waals surface area contributed by atoms with Gasteiger partial charge in [-0.25, -0.2) is 4.98 Å². The van der Waals surface area contributed by atoms with Crippen LogP contribution in [0.3, 0.4) is 0 Å². The van der Waals surface area contributed by atoms with E-state index < -0.39 is 0 Å². The van der Waals surface area contributed by atoms with Crippen LogP contribution in [0.2, 0.25) is 0 Å². The third-order valence-corrected chi connectivity index (χ3v) is 4.94. The van der Waals surface area contributed by atoms with Crippen molar-refractivity contribution < 1.29 is 9.47 Å². The number of ether oxygens (including phenoxy) is 2. The number of fused-ring (bicyclic) bond motifs is 3. The van der Waals surface area contributed by atoms with E-state index in [0.717, 1.165) is 10.9 Å². The Labute approximate surface area is 153 Å². The fraction of sp³-hybridized carbons (Fsp3) is 0.158. The second kappa shape index (κ2) is 6.42. The van der Waals surface area contributed by atoms with Crippen LogP contribution in [-0.4, -0.2) is 35.0 Å². The second-order valence-electron chi connectivity index (χ2n) is 5.67. The van der Waals surface area contributed by atoms with Gasteiger partial charge in [0.25, 0.3) is 5.56 Å². The number of H-pyrrole nitrogens is 1. The first-order chi connectivity index (χ1) is 12.7. The molecule has 2 aromatic heterocycles. The van der Waals surface area contributed by atoms with E-state index in [0.29, 0.717) is 33.4 Å². The smallest absolute Gasteiger partial charge is 0.283 e. The zero-order chi connectivity index (χ0) is 18.3. The van der Waals surface area contributed by atoms with E-state index in [9.17, 15) is 4.79 Å². The zero-order valence-electron chi connectivity index (χ0n) is 14.6. The molecule has 0 amide bonds. The number of benzene rings is 2. The molecule has 26 heavy (non-hydrogen) atoms. The maximum atomic E-state index is 13.2. The van der Waals surface area contributed by atoms with Crippen molar-refractivity contribution in [2.45, 2.75) is 5.16 Å². The van der Waals surface area contributed by atoms with Crippen molar-refractivity contribution in [3.63, 3.8) is 0 Å². The first kappa shape index (κ1) is 16.5. The summed E-state index contributed by atoms with van der Waals surface area (Å²) in [5.41, 5.74) is 2.59. The standard InChI is InChI=1S/C19H17N3O3S/c1-24-14-9-8-11(10-15(14)25-2)22-18(23)17-16(21-19(22)26-3)12-6-4-5-7-13(12)20-17/h4-10,20H,1-3H3. The Hall–Kier alpha value is -2.93. The molecule has 2 heterocycles. The Morgan fingerprint density at radius 2 is 1.85 bits per heavy atom. The molecule has 4 aromatic rings. The number of aromatic nitrogens is 3. The average molecular weight is 367 g/mol. The van der Waals surface area contributed by atoms with E-state index in [1.165, 1.54) is 11.8 Å². The van der Waals surface area contributed by atoms with E-state index in [-0.39, 0.29) is 5.56 Å². The molecule has 0 saturated heterocycles. The molecule has 0 aliphatic rings. The Kier molecular flexibility index (Phi) is 4.08. The van der Waals surface area contributed by atoms with Crippen molar-refractivity contribution in [1.82, 2.24) is 14.5 Å². The summed E-state index contributed by atoms with van der Waals surface area (Å²) in [7, 11) is 3.15. The van der Waals surface area contributed by atoms with Crippen molar-refractivity contribution >= 4 is 33.7 Å². The lowest BCUT2D eigenvalue weighted by molar-refractivity contribution is 0.354. The van der Waals surface area contributed by atoms with Crippen LogP contribution in [0.15, 0.2) is 52.4 Å². The number of hydrogen-bond acceptors (Lipinski definition) is 5. The molecule has 0 aliphatic carbocycles. The Morgan fingerprint density at radius 3 is 2.58 bits per heavy atom. The normalized spacial score (nSPS) is 11.2. The van der Waals surface area contributed by atoms with Crippen LogP contribution in [0.1, 0.15) is 0 Å². The number of hydrogen-bond donors (Lipinski definition) is 1. The number of nitrogens with zero attached hydrogens (tertiary/aromatic N) is 2. The van der Waals surface area contributed by atoms with Crippen molar-refractivity contribution in [2.24, 2.45) is 0 Å². The number of rotatable bonds is 4. The topological polar surface area (TPSA) is 69.1 Å². The molecule has 7 heteroatoms. The van der Waals surface area contributed by atoms with Crippen LogP contribution >= 0.6 is 11.8 Å². The highest BCUT2D eigenvalue weighted by atomic mass is 32.2. The summed E-state index contributed by atoms with van der Waals surface area (Å²) in [4.78, 5) is 21.2. The molecule has 0 aliphatic heterocycles. The minimum Gasteiger partial charge on any atom is -0.493 e.